The van der Waals surface area contributed by atoms with Gasteiger partial charge in [-0.15, -0.1) is 0 Å². The van der Waals surface area contributed by atoms with Crippen molar-refractivity contribution < 1.29 is 9.80 Å². The van der Waals surface area contributed by atoms with Crippen molar-refractivity contribution in [2.24, 2.45) is 0 Å². The van der Waals surface area contributed by atoms with Crippen LogP contribution in [0.1, 0.15) is 49.1 Å². The number of benzene rings is 3. The van der Waals surface area contributed by atoms with Crippen molar-refractivity contribution in [2.45, 2.75) is 38.8 Å². The molecule has 1 atom stereocenters. The lowest BCUT2D eigenvalue weighted by atomic mass is 9.87. The van der Waals surface area contributed by atoms with Crippen LogP contribution < -0.4 is 9.80 Å². The highest BCUT2D eigenvalue weighted by atomic mass is 35.5. The van der Waals surface area contributed by atoms with Gasteiger partial charge in [0, 0.05) is 21.7 Å². The molecule has 0 spiro atoms. The lowest BCUT2D eigenvalue weighted by Gasteiger charge is -2.35. The molecule has 4 rings (SSSR count). The van der Waals surface area contributed by atoms with E-state index in [4.69, 9.17) is 11.6 Å². The molecule has 3 aromatic rings. The molecule has 3 aromatic carbocycles. The average molecular weight is 435 g/mol. The SMILES string of the molecule is CC(C)(C)c1ccc(C[NH+]2CC[NH+](C(c3ccccc3)c3ccc(Cl)cc3)CC2)cc1. The van der Waals surface area contributed by atoms with E-state index in [1.54, 1.807) is 9.80 Å². The minimum absolute atomic E-state index is 0.217. The number of hydrogen-bond donors (Lipinski definition) is 2. The molecule has 162 valence electrons. The molecule has 1 aliphatic heterocycles. The summed E-state index contributed by atoms with van der Waals surface area (Å²) >= 11 is 6.17. The highest BCUT2D eigenvalue weighted by Gasteiger charge is 2.31. The minimum Gasteiger partial charge on any atom is -0.322 e. The van der Waals surface area contributed by atoms with E-state index < -0.39 is 0 Å². The summed E-state index contributed by atoms with van der Waals surface area (Å²) in [7, 11) is 0. The van der Waals surface area contributed by atoms with Gasteiger partial charge in [0.05, 0.1) is 0 Å². The fraction of sp³-hybridized carbons (Fsp3) is 0.357. The quantitative estimate of drug-likeness (QED) is 0.605. The van der Waals surface area contributed by atoms with Crippen LogP contribution in [0.25, 0.3) is 0 Å². The second-order valence-corrected chi connectivity index (χ2v) is 10.4. The van der Waals surface area contributed by atoms with Gasteiger partial charge in [-0.2, -0.15) is 0 Å². The monoisotopic (exact) mass is 434 g/mol. The molecule has 3 heteroatoms. The summed E-state index contributed by atoms with van der Waals surface area (Å²) in [6, 6.07) is 29.0. The lowest BCUT2D eigenvalue weighted by molar-refractivity contribution is -1.03. The predicted molar refractivity (Wildman–Crippen MR) is 130 cm³/mol. The maximum Gasteiger partial charge on any atom is 0.139 e. The molecular weight excluding hydrogens is 400 g/mol. The zero-order valence-electron chi connectivity index (χ0n) is 19.0. The Bertz CT molecular complexity index is 951. The third-order valence-corrected chi connectivity index (χ3v) is 6.87. The molecule has 0 radical (unpaired) electrons. The van der Waals surface area contributed by atoms with Gasteiger partial charge in [0.1, 0.15) is 38.8 Å². The molecule has 0 aromatic heterocycles. The number of halogens is 1. The van der Waals surface area contributed by atoms with E-state index in [0.29, 0.717) is 6.04 Å². The van der Waals surface area contributed by atoms with Crippen LogP contribution in [-0.2, 0) is 12.0 Å². The number of hydrogen-bond acceptors (Lipinski definition) is 0. The lowest BCUT2D eigenvalue weighted by Crippen LogP contribution is -3.27. The molecule has 0 bridgehead atoms. The van der Waals surface area contributed by atoms with Crippen molar-refractivity contribution in [1.29, 1.82) is 0 Å². The van der Waals surface area contributed by atoms with Crippen LogP contribution in [0.15, 0.2) is 78.9 Å². The Morgan fingerprint density at radius 3 is 1.90 bits per heavy atom. The van der Waals surface area contributed by atoms with Gasteiger partial charge in [-0.1, -0.05) is 99.1 Å². The first-order chi connectivity index (χ1) is 14.9. The van der Waals surface area contributed by atoms with E-state index in [1.807, 2.05) is 12.1 Å². The standard InChI is InChI=1S/C28H33ClN2/c1-28(2,3)25-13-9-22(10-14-25)21-30-17-19-31(20-18-30)27(23-7-5-4-6-8-23)24-11-15-26(29)16-12-24/h4-16,27H,17-21H2,1-3H3/p+2. The van der Waals surface area contributed by atoms with Gasteiger partial charge in [0.15, 0.2) is 0 Å². The van der Waals surface area contributed by atoms with Crippen LogP contribution in [-0.4, -0.2) is 26.2 Å². The molecular formula is C28H35ClN2+2. The van der Waals surface area contributed by atoms with Crippen LogP contribution in [0.5, 0.6) is 0 Å². The summed E-state index contributed by atoms with van der Waals surface area (Å²) < 4.78 is 0. The molecule has 1 unspecified atom stereocenters. The highest BCUT2D eigenvalue weighted by molar-refractivity contribution is 6.30. The fourth-order valence-electron chi connectivity index (χ4n) is 4.77. The Morgan fingerprint density at radius 1 is 0.742 bits per heavy atom. The van der Waals surface area contributed by atoms with Gasteiger partial charge in [0.2, 0.25) is 0 Å². The Kier molecular flexibility index (Phi) is 6.81. The van der Waals surface area contributed by atoms with E-state index in [1.165, 1.54) is 48.4 Å². The first kappa shape index (κ1) is 22.1. The molecule has 1 fully saturated rings. The second-order valence-electron chi connectivity index (χ2n) is 9.93. The van der Waals surface area contributed by atoms with Crippen molar-refractivity contribution in [3.05, 3.63) is 106 Å². The van der Waals surface area contributed by atoms with E-state index >= 15 is 0 Å². The predicted octanol–water partition coefficient (Wildman–Crippen LogP) is 3.71. The van der Waals surface area contributed by atoms with Gasteiger partial charge in [-0.25, -0.2) is 0 Å². The van der Waals surface area contributed by atoms with Crippen molar-refractivity contribution >= 4 is 11.6 Å². The first-order valence-electron chi connectivity index (χ1n) is 11.5. The molecule has 1 heterocycles. The van der Waals surface area contributed by atoms with Crippen molar-refractivity contribution in [3.63, 3.8) is 0 Å². The Hall–Kier alpha value is -2.13. The molecule has 2 nitrogen and oxygen atoms in total. The fourth-order valence-corrected chi connectivity index (χ4v) is 4.89. The van der Waals surface area contributed by atoms with Crippen LogP contribution in [0.4, 0.5) is 0 Å². The van der Waals surface area contributed by atoms with E-state index in [-0.39, 0.29) is 5.41 Å². The van der Waals surface area contributed by atoms with Gasteiger partial charge < -0.3 is 9.80 Å². The van der Waals surface area contributed by atoms with Gasteiger partial charge in [-0.05, 0) is 23.1 Å². The van der Waals surface area contributed by atoms with Crippen LogP contribution in [0.3, 0.4) is 0 Å². The van der Waals surface area contributed by atoms with E-state index in [2.05, 4.69) is 87.5 Å². The number of nitrogens with one attached hydrogen (secondary N) is 2. The molecule has 31 heavy (non-hydrogen) atoms. The van der Waals surface area contributed by atoms with Crippen LogP contribution in [0.2, 0.25) is 5.02 Å². The number of quaternary nitrogens is 2. The van der Waals surface area contributed by atoms with Gasteiger partial charge in [-0.3, -0.25) is 0 Å². The Morgan fingerprint density at radius 2 is 1.32 bits per heavy atom. The third kappa shape index (κ3) is 5.57. The van der Waals surface area contributed by atoms with Crippen molar-refractivity contribution in [1.82, 2.24) is 0 Å². The summed E-state index contributed by atoms with van der Waals surface area (Å²) in [5.41, 5.74) is 5.82. The maximum atomic E-state index is 6.17. The largest absolute Gasteiger partial charge is 0.322 e. The summed E-state index contributed by atoms with van der Waals surface area (Å²) in [4.78, 5) is 3.34. The molecule has 2 N–H and O–H groups in total. The van der Waals surface area contributed by atoms with Gasteiger partial charge >= 0.3 is 0 Å². The summed E-state index contributed by atoms with van der Waals surface area (Å²) in [6.45, 7) is 12.7. The molecule has 0 aliphatic carbocycles. The summed E-state index contributed by atoms with van der Waals surface area (Å²) in [6.07, 6.45) is 0. The van der Waals surface area contributed by atoms with E-state index in [0.717, 1.165) is 11.6 Å². The summed E-state index contributed by atoms with van der Waals surface area (Å²) in [5, 5.41) is 0.803. The van der Waals surface area contributed by atoms with Crippen molar-refractivity contribution in [3.8, 4) is 0 Å². The number of rotatable bonds is 5. The second kappa shape index (κ2) is 9.56. The third-order valence-electron chi connectivity index (χ3n) is 6.62. The van der Waals surface area contributed by atoms with Crippen LogP contribution in [0, 0.1) is 0 Å². The van der Waals surface area contributed by atoms with Crippen LogP contribution >= 0.6 is 11.6 Å². The first-order valence-corrected chi connectivity index (χ1v) is 11.9. The highest BCUT2D eigenvalue weighted by Crippen LogP contribution is 2.22. The van der Waals surface area contributed by atoms with Crippen molar-refractivity contribution in [2.75, 3.05) is 26.2 Å². The van der Waals surface area contributed by atoms with E-state index in [9.17, 15) is 0 Å². The Balaban J connectivity index is 1.44. The zero-order chi connectivity index (χ0) is 21.8. The Labute approximate surface area is 192 Å². The topological polar surface area (TPSA) is 8.88 Å². The molecule has 0 saturated carbocycles. The normalized spacial score (nSPS) is 20.4. The maximum absolute atomic E-state index is 6.17. The molecule has 0 amide bonds. The average Bonchev–Trinajstić information content (AvgIpc) is 2.77. The van der Waals surface area contributed by atoms with Gasteiger partial charge in [0.25, 0.3) is 0 Å². The smallest absolute Gasteiger partial charge is 0.139 e. The number of piperazine rings is 1. The molecule has 1 aliphatic rings. The summed E-state index contributed by atoms with van der Waals surface area (Å²) in [5.74, 6) is 0. The molecule has 1 saturated heterocycles. The minimum atomic E-state index is 0.217. The zero-order valence-corrected chi connectivity index (χ0v) is 19.8.